The van der Waals surface area contributed by atoms with E-state index < -0.39 is 0 Å². The summed E-state index contributed by atoms with van der Waals surface area (Å²) in [7, 11) is 1.66. The van der Waals surface area contributed by atoms with Gasteiger partial charge in [-0.3, -0.25) is 0 Å². The first-order valence-corrected chi connectivity index (χ1v) is 9.90. The predicted octanol–water partition coefficient (Wildman–Crippen LogP) is 3.08. The Labute approximate surface area is 167 Å². The molecule has 7 heteroatoms. The van der Waals surface area contributed by atoms with E-state index in [9.17, 15) is 0 Å². The Morgan fingerprint density at radius 1 is 1.07 bits per heavy atom. The van der Waals surface area contributed by atoms with Gasteiger partial charge in [-0.2, -0.15) is 0 Å². The highest BCUT2D eigenvalue weighted by Gasteiger charge is 2.13. The molecule has 1 aromatic carbocycles. The summed E-state index contributed by atoms with van der Waals surface area (Å²) in [5, 5.41) is 10.8. The average molecular weight is 389 g/mol. The van der Waals surface area contributed by atoms with Crippen LogP contribution in [0.3, 0.4) is 0 Å². The monoisotopic (exact) mass is 388 g/mol. The van der Waals surface area contributed by atoms with Crippen LogP contribution in [-0.4, -0.2) is 38.0 Å². The van der Waals surface area contributed by atoms with Crippen LogP contribution in [0.1, 0.15) is 43.4 Å². The summed E-state index contributed by atoms with van der Waals surface area (Å²) in [4.78, 5) is 4.68. The number of methoxy groups -OCH3 is 1. The van der Waals surface area contributed by atoms with E-state index in [1.165, 1.54) is 0 Å². The molecule has 2 N–H and O–H groups in total. The standard InChI is InChI=1S/C21H32N4O3/c1-5-19-18(20(6-2)28-25-19)15-24-21(22-7-3)23-14-16-8-10-17(11-9-16)27-13-12-26-4/h8-11H,5-7,12-15H2,1-4H3,(H2,22,23,24). The van der Waals surface area contributed by atoms with E-state index in [1.807, 2.05) is 24.3 Å². The highest BCUT2D eigenvalue weighted by Crippen LogP contribution is 2.16. The highest BCUT2D eigenvalue weighted by atomic mass is 16.5. The summed E-state index contributed by atoms with van der Waals surface area (Å²) in [5.41, 5.74) is 3.25. The first kappa shape index (κ1) is 21.8. The normalized spacial score (nSPS) is 11.5. The summed E-state index contributed by atoms with van der Waals surface area (Å²) >= 11 is 0. The third-order valence-electron chi connectivity index (χ3n) is 4.28. The largest absolute Gasteiger partial charge is 0.491 e. The van der Waals surface area contributed by atoms with Crippen molar-refractivity contribution in [2.24, 2.45) is 4.99 Å². The van der Waals surface area contributed by atoms with Crippen LogP contribution < -0.4 is 15.4 Å². The Bertz CT molecular complexity index is 704. The molecule has 0 spiro atoms. The fourth-order valence-corrected chi connectivity index (χ4v) is 2.76. The third kappa shape index (κ3) is 6.56. The number of aromatic nitrogens is 1. The number of nitrogens with zero attached hydrogens (tertiary/aromatic N) is 2. The SMILES string of the molecule is CCNC(=NCc1ccc(OCCOC)cc1)NCc1c(CC)noc1CC. The molecule has 1 heterocycles. The van der Waals surface area contributed by atoms with E-state index in [0.29, 0.717) is 26.3 Å². The maximum atomic E-state index is 5.59. The van der Waals surface area contributed by atoms with Gasteiger partial charge in [-0.05, 0) is 31.0 Å². The number of hydrogen-bond acceptors (Lipinski definition) is 5. The Balaban J connectivity index is 1.96. The van der Waals surface area contributed by atoms with Gasteiger partial charge in [0.15, 0.2) is 5.96 Å². The minimum absolute atomic E-state index is 0.546. The molecule has 0 radical (unpaired) electrons. The zero-order chi connectivity index (χ0) is 20.2. The number of hydrogen-bond donors (Lipinski definition) is 2. The lowest BCUT2D eigenvalue weighted by atomic mass is 10.1. The minimum atomic E-state index is 0.546. The zero-order valence-corrected chi connectivity index (χ0v) is 17.4. The number of benzene rings is 1. The van der Waals surface area contributed by atoms with Crippen LogP contribution >= 0.6 is 0 Å². The van der Waals surface area contributed by atoms with E-state index >= 15 is 0 Å². The van der Waals surface area contributed by atoms with Crippen molar-refractivity contribution >= 4 is 5.96 Å². The highest BCUT2D eigenvalue weighted by molar-refractivity contribution is 5.79. The van der Waals surface area contributed by atoms with Crippen LogP contribution in [0.15, 0.2) is 33.8 Å². The maximum Gasteiger partial charge on any atom is 0.191 e. The fraction of sp³-hybridized carbons (Fsp3) is 0.524. The quantitative estimate of drug-likeness (QED) is 0.350. The number of guanidine groups is 1. The Morgan fingerprint density at radius 2 is 1.86 bits per heavy atom. The Morgan fingerprint density at radius 3 is 2.50 bits per heavy atom. The lowest BCUT2D eigenvalue weighted by molar-refractivity contribution is 0.146. The first-order valence-electron chi connectivity index (χ1n) is 9.90. The molecule has 154 valence electrons. The van der Waals surface area contributed by atoms with Gasteiger partial charge in [0, 0.05) is 32.2 Å². The first-order chi connectivity index (χ1) is 13.7. The van der Waals surface area contributed by atoms with Crippen molar-refractivity contribution in [2.75, 3.05) is 26.9 Å². The summed E-state index contributed by atoms with van der Waals surface area (Å²) in [6.07, 6.45) is 1.68. The number of rotatable bonds is 11. The molecule has 0 bridgehead atoms. The Kier molecular flexibility index (Phi) is 9.34. The molecule has 0 aliphatic carbocycles. The van der Waals surface area contributed by atoms with Gasteiger partial charge in [-0.25, -0.2) is 4.99 Å². The van der Waals surface area contributed by atoms with Crippen molar-refractivity contribution in [1.29, 1.82) is 0 Å². The molecule has 0 aliphatic rings. The lowest BCUT2D eigenvalue weighted by Crippen LogP contribution is -2.37. The summed E-state index contributed by atoms with van der Waals surface area (Å²) in [6, 6.07) is 7.97. The van der Waals surface area contributed by atoms with Gasteiger partial charge < -0.3 is 24.6 Å². The van der Waals surface area contributed by atoms with Crippen LogP contribution in [0, 0.1) is 0 Å². The lowest BCUT2D eigenvalue weighted by Gasteiger charge is -2.12. The van der Waals surface area contributed by atoms with Crippen molar-refractivity contribution in [1.82, 2.24) is 15.8 Å². The maximum absolute atomic E-state index is 5.59. The molecule has 0 aliphatic heterocycles. The van der Waals surface area contributed by atoms with Gasteiger partial charge in [0.2, 0.25) is 0 Å². The predicted molar refractivity (Wildman–Crippen MR) is 111 cm³/mol. The van der Waals surface area contributed by atoms with E-state index in [0.717, 1.165) is 53.7 Å². The molecule has 0 amide bonds. The van der Waals surface area contributed by atoms with Crippen LogP contribution in [-0.2, 0) is 30.7 Å². The number of nitrogens with one attached hydrogen (secondary N) is 2. The number of ether oxygens (including phenoxy) is 2. The van der Waals surface area contributed by atoms with Crippen molar-refractivity contribution in [3.63, 3.8) is 0 Å². The molecular weight excluding hydrogens is 356 g/mol. The third-order valence-corrected chi connectivity index (χ3v) is 4.28. The van der Waals surface area contributed by atoms with Gasteiger partial charge in [-0.15, -0.1) is 0 Å². The topological polar surface area (TPSA) is 80.9 Å². The molecule has 28 heavy (non-hydrogen) atoms. The van der Waals surface area contributed by atoms with Crippen molar-refractivity contribution in [3.05, 3.63) is 46.8 Å². The molecule has 2 aromatic rings. The van der Waals surface area contributed by atoms with Gasteiger partial charge in [0.25, 0.3) is 0 Å². The molecule has 0 saturated heterocycles. The molecule has 1 aromatic heterocycles. The second-order valence-corrected chi connectivity index (χ2v) is 6.27. The van der Waals surface area contributed by atoms with Gasteiger partial charge in [0.1, 0.15) is 18.1 Å². The van der Waals surface area contributed by atoms with Crippen molar-refractivity contribution < 1.29 is 14.0 Å². The molecule has 7 nitrogen and oxygen atoms in total. The van der Waals surface area contributed by atoms with Crippen LogP contribution in [0.5, 0.6) is 5.75 Å². The summed E-state index contributed by atoms with van der Waals surface area (Å²) in [5.74, 6) is 2.54. The minimum Gasteiger partial charge on any atom is -0.491 e. The van der Waals surface area contributed by atoms with Crippen LogP contribution in [0.4, 0.5) is 0 Å². The second-order valence-electron chi connectivity index (χ2n) is 6.27. The molecule has 0 atom stereocenters. The molecule has 0 saturated carbocycles. The second kappa shape index (κ2) is 12.0. The van der Waals surface area contributed by atoms with Gasteiger partial charge in [-0.1, -0.05) is 31.1 Å². The smallest absolute Gasteiger partial charge is 0.191 e. The summed E-state index contributed by atoms with van der Waals surface area (Å²) in [6.45, 7) is 9.36. The molecular formula is C21H32N4O3. The van der Waals surface area contributed by atoms with Crippen LogP contribution in [0.25, 0.3) is 0 Å². The van der Waals surface area contributed by atoms with Gasteiger partial charge in [0.05, 0.1) is 18.8 Å². The summed E-state index contributed by atoms with van der Waals surface area (Å²) < 4.78 is 16.0. The van der Waals surface area contributed by atoms with E-state index in [2.05, 4.69) is 41.6 Å². The van der Waals surface area contributed by atoms with Crippen molar-refractivity contribution in [2.45, 2.75) is 46.7 Å². The fourth-order valence-electron chi connectivity index (χ4n) is 2.76. The van der Waals surface area contributed by atoms with E-state index in [1.54, 1.807) is 7.11 Å². The van der Waals surface area contributed by atoms with Gasteiger partial charge >= 0.3 is 0 Å². The van der Waals surface area contributed by atoms with Crippen molar-refractivity contribution in [3.8, 4) is 5.75 Å². The zero-order valence-electron chi connectivity index (χ0n) is 17.4. The molecule has 0 unspecified atom stereocenters. The number of aliphatic imine (C=N–C) groups is 1. The average Bonchev–Trinajstić information content (AvgIpc) is 3.13. The Hall–Kier alpha value is -2.54. The number of aryl methyl sites for hydroxylation is 2. The van der Waals surface area contributed by atoms with E-state index in [4.69, 9.17) is 14.0 Å². The van der Waals surface area contributed by atoms with E-state index in [-0.39, 0.29) is 0 Å². The molecule has 2 rings (SSSR count). The van der Waals surface area contributed by atoms with Crippen LogP contribution in [0.2, 0.25) is 0 Å². The molecule has 0 fully saturated rings.